The number of aryl methyl sites for hydroxylation is 2. The van der Waals surface area contributed by atoms with Gasteiger partial charge in [-0.25, -0.2) is 4.98 Å². The highest BCUT2D eigenvalue weighted by Crippen LogP contribution is 2.30. The van der Waals surface area contributed by atoms with Gasteiger partial charge in [-0.3, -0.25) is 9.48 Å². The molecule has 136 valence electrons. The molecule has 0 saturated carbocycles. The molecule has 1 aliphatic rings. The molecule has 0 spiro atoms. The van der Waals surface area contributed by atoms with Crippen LogP contribution in [0.1, 0.15) is 54.2 Å². The summed E-state index contributed by atoms with van der Waals surface area (Å²) in [6.07, 6.45) is 3.68. The average molecular weight is 352 g/mol. The minimum Gasteiger partial charge on any atom is -0.440 e. The van der Waals surface area contributed by atoms with Gasteiger partial charge in [-0.2, -0.15) is 5.10 Å². The van der Waals surface area contributed by atoms with Gasteiger partial charge in [-0.1, -0.05) is 25.5 Å². The van der Waals surface area contributed by atoms with Crippen LogP contribution in [0.4, 0.5) is 0 Å². The first-order valence-corrected chi connectivity index (χ1v) is 9.33. The Morgan fingerprint density at radius 1 is 1.27 bits per heavy atom. The number of amides is 1. The summed E-state index contributed by atoms with van der Waals surface area (Å²) in [5.74, 6) is 1.14. The van der Waals surface area contributed by atoms with Crippen LogP contribution in [0.15, 0.2) is 34.7 Å². The number of benzene rings is 1. The van der Waals surface area contributed by atoms with E-state index >= 15 is 0 Å². The predicted molar refractivity (Wildman–Crippen MR) is 99.1 cm³/mol. The van der Waals surface area contributed by atoms with Crippen molar-refractivity contribution in [3.63, 3.8) is 0 Å². The molecule has 1 amide bonds. The number of piperidine rings is 1. The monoisotopic (exact) mass is 352 g/mol. The molecule has 0 unspecified atom stereocenters. The lowest BCUT2D eigenvalue weighted by Crippen LogP contribution is -2.38. The number of hydrogen-bond acceptors (Lipinski definition) is 4. The third-order valence-corrected chi connectivity index (χ3v) is 5.10. The molecule has 4 rings (SSSR count). The van der Waals surface area contributed by atoms with Gasteiger partial charge in [0.05, 0.1) is 5.69 Å². The first kappa shape index (κ1) is 16.8. The fourth-order valence-electron chi connectivity index (χ4n) is 3.66. The predicted octanol–water partition coefficient (Wildman–Crippen LogP) is 3.53. The van der Waals surface area contributed by atoms with E-state index in [1.807, 2.05) is 42.3 Å². The summed E-state index contributed by atoms with van der Waals surface area (Å²) in [5, 5.41) is 4.45. The molecule has 1 aliphatic heterocycles. The zero-order valence-corrected chi connectivity index (χ0v) is 15.3. The lowest BCUT2D eigenvalue weighted by molar-refractivity contribution is 0.0695. The van der Waals surface area contributed by atoms with Gasteiger partial charge in [0.2, 0.25) is 0 Å². The highest BCUT2D eigenvalue weighted by Gasteiger charge is 2.28. The number of nitrogens with zero attached hydrogens (tertiary/aromatic N) is 4. The SMILES string of the molecule is CCCc1cc(C(=O)N2CCC(c3nc4ccccc4o3)CC2)n(C)n1. The van der Waals surface area contributed by atoms with Gasteiger partial charge in [0.15, 0.2) is 11.5 Å². The molecule has 1 aromatic carbocycles. The van der Waals surface area contributed by atoms with Crippen LogP contribution in [0.25, 0.3) is 11.1 Å². The van der Waals surface area contributed by atoms with Gasteiger partial charge in [0, 0.05) is 26.1 Å². The van der Waals surface area contributed by atoms with Gasteiger partial charge < -0.3 is 9.32 Å². The van der Waals surface area contributed by atoms with Crippen molar-refractivity contribution in [3.8, 4) is 0 Å². The van der Waals surface area contributed by atoms with E-state index in [-0.39, 0.29) is 11.8 Å². The lowest BCUT2D eigenvalue weighted by Gasteiger charge is -2.30. The van der Waals surface area contributed by atoms with E-state index in [4.69, 9.17) is 4.42 Å². The maximum Gasteiger partial charge on any atom is 0.272 e. The van der Waals surface area contributed by atoms with E-state index in [1.54, 1.807) is 4.68 Å². The highest BCUT2D eigenvalue weighted by molar-refractivity contribution is 5.92. The van der Waals surface area contributed by atoms with Crippen molar-refractivity contribution in [1.29, 1.82) is 0 Å². The maximum absolute atomic E-state index is 12.8. The number of aromatic nitrogens is 3. The van der Waals surface area contributed by atoms with Crippen LogP contribution in [0.5, 0.6) is 0 Å². The molecule has 3 aromatic rings. The molecule has 1 fully saturated rings. The van der Waals surface area contributed by atoms with E-state index < -0.39 is 0 Å². The van der Waals surface area contributed by atoms with Crippen molar-refractivity contribution >= 4 is 17.0 Å². The van der Waals surface area contributed by atoms with Crippen molar-refractivity contribution in [2.45, 2.75) is 38.5 Å². The van der Waals surface area contributed by atoms with Crippen LogP contribution in [0.3, 0.4) is 0 Å². The van der Waals surface area contributed by atoms with Crippen molar-refractivity contribution in [2.24, 2.45) is 7.05 Å². The number of para-hydroxylation sites is 2. The molecule has 1 saturated heterocycles. The summed E-state index contributed by atoms with van der Waals surface area (Å²) in [7, 11) is 1.84. The van der Waals surface area contributed by atoms with Crippen molar-refractivity contribution in [1.82, 2.24) is 19.7 Å². The first-order valence-electron chi connectivity index (χ1n) is 9.33. The third kappa shape index (κ3) is 3.11. The highest BCUT2D eigenvalue weighted by atomic mass is 16.3. The molecule has 0 bridgehead atoms. The maximum atomic E-state index is 12.8. The van der Waals surface area contributed by atoms with Crippen molar-refractivity contribution in [3.05, 3.63) is 47.6 Å². The molecule has 6 heteroatoms. The summed E-state index contributed by atoms with van der Waals surface area (Å²) in [5.41, 5.74) is 3.40. The second-order valence-electron chi connectivity index (χ2n) is 6.98. The number of rotatable bonds is 4. The molecule has 0 aliphatic carbocycles. The second-order valence-corrected chi connectivity index (χ2v) is 6.98. The van der Waals surface area contributed by atoms with Crippen molar-refractivity contribution < 1.29 is 9.21 Å². The van der Waals surface area contributed by atoms with Crippen LogP contribution in [0, 0.1) is 0 Å². The summed E-state index contributed by atoms with van der Waals surface area (Å²) in [6.45, 7) is 3.56. The molecule has 26 heavy (non-hydrogen) atoms. The molecule has 6 nitrogen and oxygen atoms in total. The number of hydrogen-bond donors (Lipinski definition) is 0. The Bertz CT molecular complexity index is 886. The van der Waals surface area contributed by atoms with Crippen LogP contribution >= 0.6 is 0 Å². The minimum absolute atomic E-state index is 0.0679. The fourth-order valence-corrected chi connectivity index (χ4v) is 3.66. The quantitative estimate of drug-likeness (QED) is 0.720. The molecule has 0 atom stereocenters. The third-order valence-electron chi connectivity index (χ3n) is 5.10. The van der Waals surface area contributed by atoms with Crippen molar-refractivity contribution in [2.75, 3.05) is 13.1 Å². The summed E-state index contributed by atoms with van der Waals surface area (Å²) >= 11 is 0. The van der Waals surface area contributed by atoms with Crippen LogP contribution in [0.2, 0.25) is 0 Å². The standard InChI is InChI=1S/C20H24N4O2/c1-3-6-15-13-17(23(2)22-15)20(25)24-11-9-14(10-12-24)19-21-16-7-4-5-8-18(16)26-19/h4-5,7-8,13-14H,3,6,9-12H2,1-2H3. The first-order chi connectivity index (χ1) is 12.7. The Labute approximate surface area is 152 Å². The lowest BCUT2D eigenvalue weighted by atomic mass is 9.96. The van der Waals surface area contributed by atoms with Gasteiger partial charge in [-0.15, -0.1) is 0 Å². The summed E-state index contributed by atoms with van der Waals surface area (Å²) in [4.78, 5) is 19.4. The zero-order chi connectivity index (χ0) is 18.1. The molecule has 2 aromatic heterocycles. The van der Waals surface area contributed by atoms with E-state index in [2.05, 4.69) is 17.0 Å². The zero-order valence-electron chi connectivity index (χ0n) is 15.3. The number of fused-ring (bicyclic) bond motifs is 1. The molecule has 3 heterocycles. The average Bonchev–Trinajstić information content (AvgIpc) is 3.25. The van der Waals surface area contributed by atoms with E-state index in [9.17, 15) is 4.79 Å². The van der Waals surface area contributed by atoms with Crippen LogP contribution in [-0.2, 0) is 13.5 Å². The van der Waals surface area contributed by atoms with E-state index in [0.29, 0.717) is 5.69 Å². The van der Waals surface area contributed by atoms with Crippen LogP contribution < -0.4 is 0 Å². The normalized spacial score (nSPS) is 15.7. The van der Waals surface area contributed by atoms with E-state index in [1.165, 1.54) is 0 Å². The largest absolute Gasteiger partial charge is 0.440 e. The molecule has 0 N–H and O–H groups in total. The van der Waals surface area contributed by atoms with Gasteiger partial charge in [-0.05, 0) is 37.5 Å². The Balaban J connectivity index is 1.43. The van der Waals surface area contributed by atoms with Crippen LogP contribution in [-0.4, -0.2) is 38.7 Å². The topological polar surface area (TPSA) is 64.2 Å². The summed E-state index contributed by atoms with van der Waals surface area (Å²) in [6, 6.07) is 9.77. The van der Waals surface area contributed by atoms with Gasteiger partial charge in [0.25, 0.3) is 5.91 Å². The van der Waals surface area contributed by atoms with Gasteiger partial charge >= 0.3 is 0 Å². The van der Waals surface area contributed by atoms with Gasteiger partial charge in [0.1, 0.15) is 11.2 Å². The van der Waals surface area contributed by atoms with E-state index in [0.717, 1.165) is 61.5 Å². The number of likely N-dealkylation sites (tertiary alicyclic amines) is 1. The number of carbonyl (C=O) groups excluding carboxylic acids is 1. The Morgan fingerprint density at radius 2 is 2.04 bits per heavy atom. The molecule has 0 radical (unpaired) electrons. The number of carbonyl (C=O) groups is 1. The Kier molecular flexibility index (Phi) is 4.49. The minimum atomic E-state index is 0.0679. The Morgan fingerprint density at radius 3 is 2.77 bits per heavy atom. The molecular formula is C20H24N4O2. The smallest absolute Gasteiger partial charge is 0.272 e. The molecular weight excluding hydrogens is 328 g/mol. The fraction of sp³-hybridized carbons (Fsp3) is 0.450. The Hall–Kier alpha value is -2.63. The number of oxazole rings is 1. The second kappa shape index (κ2) is 6.94. The summed E-state index contributed by atoms with van der Waals surface area (Å²) < 4.78 is 7.62.